The van der Waals surface area contributed by atoms with Crippen LogP contribution in [0.1, 0.15) is 27.7 Å². The molecular weight excluding hydrogens is 474 g/mol. The molecule has 0 saturated heterocycles. The smallest absolute Gasteiger partial charge is 0.422 e. The van der Waals surface area contributed by atoms with Crippen molar-refractivity contribution in [3.63, 3.8) is 0 Å². The van der Waals surface area contributed by atoms with Gasteiger partial charge >= 0.3 is 5.30 Å². The highest BCUT2D eigenvalue weighted by molar-refractivity contribution is 8.13. The van der Waals surface area contributed by atoms with Gasteiger partial charge < -0.3 is 5.11 Å². The molecule has 2 N–H and O–H groups in total. The van der Waals surface area contributed by atoms with Crippen LogP contribution < -0.4 is 0 Å². The maximum Gasteiger partial charge on any atom is 0.422 e. The molecule has 0 amide bonds. The summed E-state index contributed by atoms with van der Waals surface area (Å²) in [4.78, 5) is 9.66. The third kappa shape index (κ3) is 33.1. The molecule has 0 aromatic carbocycles. The van der Waals surface area contributed by atoms with E-state index in [2.05, 4.69) is 10.7 Å². The van der Waals surface area contributed by atoms with Crippen LogP contribution in [0.25, 0.3) is 0 Å². The van der Waals surface area contributed by atoms with Gasteiger partial charge in [0, 0.05) is 10.7 Å². The van der Waals surface area contributed by atoms with Gasteiger partial charge in [0.05, 0.1) is 23.0 Å². The number of nitrogens with zero attached hydrogens (tertiary/aromatic N) is 1. The van der Waals surface area contributed by atoms with Crippen LogP contribution >= 0.6 is 10.7 Å². The first-order valence-electron chi connectivity index (χ1n) is 6.71. The molecule has 0 aliphatic heterocycles. The maximum atomic E-state index is 10.1. The second-order valence-corrected chi connectivity index (χ2v) is 12.8. The number of hydrogen-bond acceptors (Lipinski definition) is 10. The molecule has 12 nitrogen and oxygen atoms in total. The number of thiocyanates is 1. The number of rotatable bonds is 4. The Morgan fingerprint density at radius 3 is 1.15 bits per heavy atom. The first kappa shape index (κ1) is 33.6. The van der Waals surface area contributed by atoms with Crippen LogP contribution in [0.3, 0.4) is 0 Å². The summed E-state index contributed by atoms with van der Waals surface area (Å²) in [6.07, 6.45) is 0. The van der Waals surface area contributed by atoms with Crippen LogP contribution in [-0.4, -0.2) is 71.6 Å². The number of nitriles is 1. The predicted molar refractivity (Wildman–Crippen MR) is 100.0 cm³/mol. The van der Waals surface area contributed by atoms with Crippen LogP contribution in [0.5, 0.6) is 0 Å². The number of carbonyl (C=O) groups is 1. The summed E-state index contributed by atoms with van der Waals surface area (Å²) < 4.78 is 86.7. The minimum absolute atomic E-state index is 0.00849. The molecule has 0 bridgehead atoms. The molecule has 0 spiro atoms. The van der Waals surface area contributed by atoms with Crippen molar-refractivity contribution in [2.24, 2.45) is 0 Å². The van der Waals surface area contributed by atoms with E-state index in [0.717, 1.165) is 5.40 Å². The van der Waals surface area contributed by atoms with E-state index >= 15 is 0 Å². The Morgan fingerprint density at radius 2 is 1.15 bits per heavy atom. The molecule has 0 rings (SSSR count). The molecule has 0 aromatic rings. The fourth-order valence-electron chi connectivity index (χ4n) is 0.188. The second kappa shape index (κ2) is 15.0. The summed E-state index contributed by atoms with van der Waals surface area (Å²) in [7, 11) is -9.33. The summed E-state index contributed by atoms with van der Waals surface area (Å²) in [5.41, 5.74) is 0. The third-order valence-electron chi connectivity index (χ3n) is 1.87. The molecule has 0 heterocycles. The minimum Gasteiger partial charge on any atom is -0.470 e. The topological polar surface area (TPSA) is 218 Å². The van der Waals surface area contributed by atoms with E-state index in [1.807, 2.05) is 0 Å². The molecule has 0 saturated carbocycles. The van der Waals surface area contributed by atoms with Gasteiger partial charge in [0.2, 0.25) is 28.7 Å². The molecule has 164 valence electrons. The summed E-state index contributed by atoms with van der Waals surface area (Å²) in [6, 6.07) is 0. The predicted octanol–water partition coefficient (Wildman–Crippen LogP) is 0.470. The second-order valence-electron chi connectivity index (χ2n) is 3.86. The van der Waals surface area contributed by atoms with Gasteiger partial charge in [-0.25, -0.2) is 30.0 Å². The van der Waals surface area contributed by atoms with Gasteiger partial charge in [-0.3, -0.25) is 4.55 Å². The molecule has 0 unspecified atom stereocenters. The van der Waals surface area contributed by atoms with Crippen molar-refractivity contribution in [3.8, 4) is 5.40 Å². The van der Waals surface area contributed by atoms with E-state index < -0.39 is 44.1 Å². The minimum atomic E-state index is -3.82. The van der Waals surface area contributed by atoms with E-state index in [0.29, 0.717) is 0 Å². The van der Waals surface area contributed by atoms with E-state index in [4.69, 9.17) is 14.9 Å². The van der Waals surface area contributed by atoms with Crippen LogP contribution in [-0.2, 0) is 38.8 Å². The molecule has 0 aromatic heterocycles. The Morgan fingerprint density at radius 1 is 0.852 bits per heavy atom. The number of sulfone groups is 2. The standard InChI is InChI=1S/C3H5NO2S.C3H6O4S.C2H5ClO2S.C2H6O3S/c1-2-7(5,6)3-4;1-2-8(6,7)3(4)5;2*1-2-6(3,4)5/h2H2,1H3;2H2,1H3,(H,4,5);2H2,1H3;2H2,1H3,(H,3,4,5). The summed E-state index contributed by atoms with van der Waals surface area (Å²) >= 11 is 0. The van der Waals surface area contributed by atoms with E-state index in [9.17, 15) is 38.5 Å². The normalized spacial score (nSPS) is 11.1. The van der Waals surface area contributed by atoms with Gasteiger partial charge in [0.1, 0.15) is 0 Å². The number of carboxylic acid groups (broad SMARTS) is 1. The van der Waals surface area contributed by atoms with Crippen molar-refractivity contribution in [3.05, 3.63) is 0 Å². The van der Waals surface area contributed by atoms with Gasteiger partial charge in [-0.15, -0.1) is 0 Å². The van der Waals surface area contributed by atoms with Gasteiger partial charge in [-0.2, -0.15) is 13.7 Å². The van der Waals surface area contributed by atoms with Gasteiger partial charge in [-0.1, -0.05) is 20.8 Å². The van der Waals surface area contributed by atoms with Gasteiger partial charge in [0.25, 0.3) is 10.1 Å². The van der Waals surface area contributed by atoms with Gasteiger partial charge in [-0.05, 0) is 6.92 Å². The first-order chi connectivity index (χ1) is 11.7. The van der Waals surface area contributed by atoms with Gasteiger partial charge in [0.15, 0.2) is 5.40 Å². The number of hydrogen-bond donors (Lipinski definition) is 2. The van der Waals surface area contributed by atoms with E-state index in [-0.39, 0.29) is 23.0 Å². The van der Waals surface area contributed by atoms with Crippen LogP contribution in [0.4, 0.5) is 4.79 Å². The molecule has 0 atom stereocenters. The van der Waals surface area contributed by atoms with Crippen molar-refractivity contribution in [1.29, 1.82) is 5.26 Å². The largest absolute Gasteiger partial charge is 0.470 e. The fourth-order valence-corrected chi connectivity index (χ4v) is 0.564. The van der Waals surface area contributed by atoms with Crippen molar-refractivity contribution < 1.29 is 48.1 Å². The lowest BCUT2D eigenvalue weighted by molar-refractivity contribution is 0.219. The van der Waals surface area contributed by atoms with Crippen LogP contribution in [0.15, 0.2) is 0 Å². The Kier molecular flexibility index (Phi) is 18.6. The highest BCUT2D eigenvalue weighted by atomic mass is 35.7. The third-order valence-corrected chi connectivity index (χ3v) is 6.28. The molecule has 0 radical (unpaired) electrons. The average Bonchev–Trinajstić information content (AvgIpc) is 2.55. The molecule has 27 heavy (non-hydrogen) atoms. The zero-order valence-electron chi connectivity index (χ0n) is 14.9. The lowest BCUT2D eigenvalue weighted by atomic mass is 11.0. The molecule has 17 heteroatoms. The Balaban J connectivity index is -0.000000132. The highest BCUT2D eigenvalue weighted by Crippen LogP contribution is 1.91. The van der Waals surface area contributed by atoms with Crippen molar-refractivity contribution >= 4 is 54.8 Å². The SMILES string of the molecule is CCS(=O)(=O)C#N.CCS(=O)(=O)C(=O)O.CCS(=O)(=O)Cl.CCS(=O)(=O)O. The summed E-state index contributed by atoms with van der Waals surface area (Å²) in [5, 5.41) is 15.0. The summed E-state index contributed by atoms with van der Waals surface area (Å²) in [6.45, 7) is 5.57. The van der Waals surface area contributed by atoms with Crippen molar-refractivity contribution in [2.75, 3.05) is 23.0 Å². The number of halogens is 1. The van der Waals surface area contributed by atoms with Crippen LogP contribution in [0.2, 0.25) is 0 Å². The Bertz CT molecular complexity index is 849. The molecule has 0 aliphatic rings. The van der Waals surface area contributed by atoms with E-state index in [1.165, 1.54) is 27.7 Å². The lowest BCUT2D eigenvalue weighted by Gasteiger charge is -1.87. The van der Waals surface area contributed by atoms with Crippen LogP contribution in [0, 0.1) is 10.7 Å². The highest BCUT2D eigenvalue weighted by Gasteiger charge is 2.16. The lowest BCUT2D eigenvalue weighted by Crippen LogP contribution is -2.13. The zero-order valence-corrected chi connectivity index (χ0v) is 18.9. The van der Waals surface area contributed by atoms with Crippen molar-refractivity contribution in [2.45, 2.75) is 27.7 Å². The fraction of sp³-hybridized carbons (Fsp3) is 0.800. The summed E-state index contributed by atoms with van der Waals surface area (Å²) in [5.74, 6) is -0.632. The zero-order chi connectivity index (χ0) is 23.1. The van der Waals surface area contributed by atoms with Crippen molar-refractivity contribution in [1.82, 2.24) is 0 Å². The molecule has 0 aliphatic carbocycles. The quantitative estimate of drug-likeness (QED) is 0.235. The Hall–Kier alpha value is -0.990. The molecular formula is C10H22ClNO11S4. The maximum absolute atomic E-state index is 10.1. The first-order valence-corrected chi connectivity index (χ1v) is 14.1. The van der Waals surface area contributed by atoms with E-state index in [1.54, 1.807) is 0 Å². The molecule has 0 fully saturated rings. The Labute approximate surface area is 164 Å². The average molecular weight is 496 g/mol. The monoisotopic (exact) mass is 495 g/mol.